The van der Waals surface area contributed by atoms with Crippen molar-refractivity contribution in [3.63, 3.8) is 0 Å². The summed E-state index contributed by atoms with van der Waals surface area (Å²) in [5, 5.41) is 0. The number of hydrogen-bond donors (Lipinski definition) is 0. The zero-order valence-electron chi connectivity index (χ0n) is 5.53. The fourth-order valence-corrected chi connectivity index (χ4v) is 4.11. The van der Waals surface area contributed by atoms with Crippen LogP contribution in [0.2, 0.25) is 13.4 Å². The van der Waals surface area contributed by atoms with Gasteiger partial charge in [0.15, 0.2) is 0 Å². The molecular formula is C6H15Te+. The molecule has 0 atom stereocenters. The quantitative estimate of drug-likeness (QED) is 0.634. The van der Waals surface area contributed by atoms with E-state index in [2.05, 4.69) is 20.8 Å². The Morgan fingerprint density at radius 3 is 1.14 bits per heavy atom. The van der Waals surface area contributed by atoms with Gasteiger partial charge < -0.3 is 0 Å². The van der Waals surface area contributed by atoms with Gasteiger partial charge in [-0.2, -0.15) is 0 Å². The summed E-state index contributed by atoms with van der Waals surface area (Å²) in [5.41, 5.74) is 0. The topological polar surface area (TPSA) is 0 Å². The molecule has 0 saturated carbocycles. The van der Waals surface area contributed by atoms with E-state index in [-0.39, 0.29) is 0 Å². The first-order chi connectivity index (χ1) is 3.35. The van der Waals surface area contributed by atoms with Crippen molar-refractivity contribution in [1.82, 2.24) is 0 Å². The van der Waals surface area contributed by atoms with Gasteiger partial charge in [-0.25, -0.2) is 0 Å². The first kappa shape index (κ1) is 7.79. The molecule has 0 fully saturated rings. The Morgan fingerprint density at radius 2 is 1.14 bits per heavy atom. The van der Waals surface area contributed by atoms with Crippen LogP contribution in [0, 0.1) is 0 Å². The zero-order valence-corrected chi connectivity index (χ0v) is 7.86. The average molecular weight is 215 g/mol. The van der Waals surface area contributed by atoms with Crippen LogP contribution in [0.15, 0.2) is 0 Å². The Hall–Kier alpha value is 0.790. The molecule has 0 nitrogen and oxygen atoms in total. The third kappa shape index (κ3) is 3.38. The van der Waals surface area contributed by atoms with Crippen molar-refractivity contribution in [2.45, 2.75) is 34.2 Å². The second-order valence-corrected chi connectivity index (χ2v) is 9.92. The molecule has 1 heteroatoms. The van der Waals surface area contributed by atoms with Crippen molar-refractivity contribution in [3.05, 3.63) is 0 Å². The fraction of sp³-hybridized carbons (Fsp3) is 1.00. The van der Waals surface area contributed by atoms with E-state index in [1.807, 2.05) is 0 Å². The molecule has 0 spiro atoms. The SMILES string of the molecule is CC[Te+](CC)CC. The molecule has 0 saturated heterocycles. The third-order valence-corrected chi connectivity index (χ3v) is 8.22. The Balaban J connectivity index is 2.99. The summed E-state index contributed by atoms with van der Waals surface area (Å²) < 4.78 is 4.57. The summed E-state index contributed by atoms with van der Waals surface area (Å²) in [6, 6.07) is 0. The zero-order chi connectivity index (χ0) is 5.70. The van der Waals surface area contributed by atoms with Gasteiger partial charge in [0.25, 0.3) is 0 Å². The summed E-state index contributed by atoms with van der Waals surface area (Å²) >= 11 is -0.431. The van der Waals surface area contributed by atoms with Gasteiger partial charge in [-0.05, 0) is 0 Å². The van der Waals surface area contributed by atoms with Gasteiger partial charge in [0.1, 0.15) is 0 Å². The Bertz CT molecular complexity index is 25.7. The number of rotatable bonds is 3. The van der Waals surface area contributed by atoms with Crippen LogP contribution in [0.3, 0.4) is 0 Å². The Kier molecular flexibility index (Phi) is 5.49. The van der Waals surface area contributed by atoms with Crippen molar-refractivity contribution < 1.29 is 0 Å². The maximum atomic E-state index is 2.34. The molecule has 0 aliphatic heterocycles. The molecular weight excluding hydrogens is 200 g/mol. The van der Waals surface area contributed by atoms with Gasteiger partial charge in [-0.3, -0.25) is 0 Å². The fourth-order valence-electron chi connectivity index (χ4n) is 0.612. The van der Waals surface area contributed by atoms with Crippen LogP contribution in [-0.4, -0.2) is 19.6 Å². The van der Waals surface area contributed by atoms with Crippen LogP contribution in [-0.2, 0) is 0 Å². The van der Waals surface area contributed by atoms with E-state index in [0.29, 0.717) is 0 Å². The van der Waals surface area contributed by atoms with Crippen LogP contribution in [0.5, 0.6) is 0 Å². The average Bonchev–Trinajstić information content (AvgIpc) is 1.72. The van der Waals surface area contributed by atoms with Crippen LogP contribution in [0.1, 0.15) is 20.8 Å². The van der Waals surface area contributed by atoms with E-state index in [4.69, 9.17) is 0 Å². The van der Waals surface area contributed by atoms with Crippen LogP contribution >= 0.6 is 0 Å². The van der Waals surface area contributed by atoms with Crippen LogP contribution in [0.25, 0.3) is 0 Å². The molecule has 0 heterocycles. The minimum atomic E-state index is -0.431. The molecule has 0 aromatic heterocycles. The molecule has 0 rings (SSSR count). The molecule has 0 aliphatic rings. The molecule has 0 bridgehead atoms. The van der Waals surface area contributed by atoms with Crippen molar-refractivity contribution >= 4 is 19.6 Å². The summed E-state index contributed by atoms with van der Waals surface area (Å²) in [4.78, 5) is 0. The van der Waals surface area contributed by atoms with E-state index in [9.17, 15) is 0 Å². The predicted octanol–water partition coefficient (Wildman–Crippen LogP) is 2.54. The molecule has 7 heavy (non-hydrogen) atoms. The second kappa shape index (κ2) is 4.94. The van der Waals surface area contributed by atoms with Gasteiger partial charge in [0.2, 0.25) is 0 Å². The summed E-state index contributed by atoms with van der Waals surface area (Å²) in [5.74, 6) is 0. The molecule has 0 aromatic carbocycles. The second-order valence-electron chi connectivity index (χ2n) is 1.48. The van der Waals surface area contributed by atoms with E-state index in [1.54, 1.807) is 0 Å². The molecule has 0 amide bonds. The van der Waals surface area contributed by atoms with Crippen molar-refractivity contribution in [2.24, 2.45) is 0 Å². The van der Waals surface area contributed by atoms with E-state index >= 15 is 0 Å². The summed E-state index contributed by atoms with van der Waals surface area (Å²) in [6.45, 7) is 7.01. The van der Waals surface area contributed by atoms with E-state index in [0.717, 1.165) is 0 Å². The van der Waals surface area contributed by atoms with Crippen molar-refractivity contribution in [1.29, 1.82) is 0 Å². The van der Waals surface area contributed by atoms with E-state index < -0.39 is 19.6 Å². The first-order valence-corrected chi connectivity index (χ1v) is 7.93. The molecule has 0 aromatic rings. The molecule has 44 valence electrons. The van der Waals surface area contributed by atoms with Gasteiger partial charge in [-0.1, -0.05) is 0 Å². The predicted molar refractivity (Wildman–Crippen MR) is 37.2 cm³/mol. The normalized spacial score (nSPS) is 10.3. The Morgan fingerprint density at radius 1 is 0.857 bits per heavy atom. The number of hydrogen-bond acceptors (Lipinski definition) is 0. The maximum absolute atomic E-state index is 2.34. The van der Waals surface area contributed by atoms with Gasteiger partial charge in [0, 0.05) is 0 Å². The van der Waals surface area contributed by atoms with Gasteiger partial charge in [-0.15, -0.1) is 0 Å². The standard InChI is InChI=1S/C6H15Te/c1-4-7(5-2)6-3/h4-6H2,1-3H3/q+1. The van der Waals surface area contributed by atoms with Gasteiger partial charge >= 0.3 is 53.7 Å². The molecule has 0 unspecified atom stereocenters. The van der Waals surface area contributed by atoms with Gasteiger partial charge in [0.05, 0.1) is 0 Å². The summed E-state index contributed by atoms with van der Waals surface area (Å²) in [7, 11) is 0. The van der Waals surface area contributed by atoms with Crippen LogP contribution < -0.4 is 0 Å². The van der Waals surface area contributed by atoms with E-state index in [1.165, 1.54) is 13.4 Å². The first-order valence-electron chi connectivity index (χ1n) is 2.99. The monoisotopic (exact) mass is 217 g/mol. The Labute approximate surface area is 53.9 Å². The third-order valence-electron chi connectivity index (χ3n) is 1.22. The van der Waals surface area contributed by atoms with Crippen molar-refractivity contribution in [3.8, 4) is 0 Å². The molecule has 0 aliphatic carbocycles. The van der Waals surface area contributed by atoms with Crippen LogP contribution in [0.4, 0.5) is 0 Å². The molecule has 0 N–H and O–H groups in total. The minimum absolute atomic E-state index is 0.431. The van der Waals surface area contributed by atoms with Crippen molar-refractivity contribution in [2.75, 3.05) is 0 Å². The summed E-state index contributed by atoms with van der Waals surface area (Å²) in [6.07, 6.45) is 0. The molecule has 0 radical (unpaired) electrons.